The molecule has 1 N–H and O–H groups in total. The summed E-state index contributed by atoms with van der Waals surface area (Å²) in [6, 6.07) is 8.79. The molecule has 0 aliphatic heterocycles. The summed E-state index contributed by atoms with van der Waals surface area (Å²) < 4.78 is 15.1. The lowest BCUT2D eigenvalue weighted by Crippen LogP contribution is -2.20. The van der Waals surface area contributed by atoms with Gasteiger partial charge in [-0.05, 0) is 42.8 Å². The normalized spacial score (nSPS) is 10.5. The standard InChI is InChI=1S/C17H17NO5/c1-12-5-7-15(21-2)14(10-12)18-16(19)11-23-17(20)8-6-13-4-3-9-22-13/h3-10H,11H2,1-2H3,(H,18,19)/b8-6+. The van der Waals surface area contributed by atoms with Crippen molar-refractivity contribution in [3.8, 4) is 5.75 Å². The van der Waals surface area contributed by atoms with Crippen molar-refractivity contribution in [2.24, 2.45) is 0 Å². The molecule has 23 heavy (non-hydrogen) atoms. The summed E-state index contributed by atoms with van der Waals surface area (Å²) in [6.07, 6.45) is 4.15. The van der Waals surface area contributed by atoms with Gasteiger partial charge in [-0.3, -0.25) is 4.79 Å². The topological polar surface area (TPSA) is 77.8 Å². The van der Waals surface area contributed by atoms with Crippen LogP contribution in [0, 0.1) is 6.92 Å². The van der Waals surface area contributed by atoms with Gasteiger partial charge in [-0.1, -0.05) is 6.07 Å². The third-order valence-electron chi connectivity index (χ3n) is 2.90. The Labute approximate surface area is 133 Å². The molecule has 0 spiro atoms. The number of ether oxygens (including phenoxy) is 2. The highest BCUT2D eigenvalue weighted by atomic mass is 16.5. The van der Waals surface area contributed by atoms with E-state index in [2.05, 4.69) is 5.32 Å². The maximum Gasteiger partial charge on any atom is 0.331 e. The minimum atomic E-state index is -0.632. The molecule has 0 unspecified atom stereocenters. The first-order valence-electron chi connectivity index (χ1n) is 6.91. The van der Waals surface area contributed by atoms with E-state index in [0.29, 0.717) is 17.2 Å². The fraction of sp³-hybridized carbons (Fsp3) is 0.176. The van der Waals surface area contributed by atoms with E-state index in [9.17, 15) is 9.59 Å². The fourth-order valence-electron chi connectivity index (χ4n) is 1.83. The number of hydrogen-bond acceptors (Lipinski definition) is 5. The number of carbonyl (C=O) groups is 2. The number of rotatable bonds is 6. The molecular formula is C17H17NO5. The first-order valence-corrected chi connectivity index (χ1v) is 6.91. The van der Waals surface area contributed by atoms with Crippen molar-refractivity contribution >= 4 is 23.6 Å². The Balaban J connectivity index is 1.85. The molecule has 0 radical (unpaired) electrons. The molecule has 0 atom stereocenters. The average molecular weight is 315 g/mol. The highest BCUT2D eigenvalue weighted by molar-refractivity contribution is 5.95. The summed E-state index contributed by atoms with van der Waals surface area (Å²) in [7, 11) is 1.51. The minimum absolute atomic E-state index is 0.390. The van der Waals surface area contributed by atoms with Crippen LogP contribution in [0.25, 0.3) is 6.08 Å². The lowest BCUT2D eigenvalue weighted by atomic mass is 10.2. The summed E-state index contributed by atoms with van der Waals surface area (Å²) in [5.41, 5.74) is 1.50. The molecule has 0 saturated heterocycles. The van der Waals surface area contributed by atoms with E-state index in [0.717, 1.165) is 5.56 Å². The molecule has 1 aromatic carbocycles. The molecule has 0 saturated carbocycles. The Morgan fingerprint density at radius 1 is 1.30 bits per heavy atom. The van der Waals surface area contributed by atoms with Gasteiger partial charge in [0.2, 0.25) is 0 Å². The van der Waals surface area contributed by atoms with Crippen LogP contribution in [0.15, 0.2) is 47.1 Å². The van der Waals surface area contributed by atoms with E-state index in [1.54, 1.807) is 24.3 Å². The molecule has 2 aromatic rings. The quantitative estimate of drug-likeness (QED) is 0.655. The van der Waals surface area contributed by atoms with Crippen LogP contribution >= 0.6 is 0 Å². The van der Waals surface area contributed by atoms with Crippen LogP contribution in [0.1, 0.15) is 11.3 Å². The zero-order valence-corrected chi connectivity index (χ0v) is 12.9. The lowest BCUT2D eigenvalue weighted by molar-refractivity contribution is -0.142. The predicted molar refractivity (Wildman–Crippen MR) is 85.1 cm³/mol. The minimum Gasteiger partial charge on any atom is -0.495 e. The van der Waals surface area contributed by atoms with Crippen molar-refractivity contribution in [2.45, 2.75) is 6.92 Å². The Morgan fingerprint density at radius 2 is 2.13 bits per heavy atom. The fourth-order valence-corrected chi connectivity index (χ4v) is 1.83. The van der Waals surface area contributed by atoms with E-state index in [1.165, 1.54) is 25.5 Å². The highest BCUT2D eigenvalue weighted by Crippen LogP contribution is 2.24. The number of esters is 1. The van der Waals surface area contributed by atoms with Gasteiger partial charge in [-0.15, -0.1) is 0 Å². The van der Waals surface area contributed by atoms with Gasteiger partial charge >= 0.3 is 5.97 Å². The van der Waals surface area contributed by atoms with Gasteiger partial charge in [0.25, 0.3) is 5.91 Å². The summed E-state index contributed by atoms with van der Waals surface area (Å²) in [4.78, 5) is 23.4. The molecule has 6 nitrogen and oxygen atoms in total. The monoisotopic (exact) mass is 315 g/mol. The molecule has 0 aliphatic rings. The van der Waals surface area contributed by atoms with Gasteiger partial charge in [0.05, 0.1) is 19.1 Å². The molecule has 0 aliphatic carbocycles. The number of benzene rings is 1. The number of furan rings is 1. The second kappa shape index (κ2) is 7.84. The van der Waals surface area contributed by atoms with Crippen molar-refractivity contribution in [3.63, 3.8) is 0 Å². The van der Waals surface area contributed by atoms with Crippen LogP contribution in [0.5, 0.6) is 5.75 Å². The third kappa shape index (κ3) is 5.03. The largest absolute Gasteiger partial charge is 0.495 e. The van der Waals surface area contributed by atoms with Crippen LogP contribution in [0.3, 0.4) is 0 Å². The van der Waals surface area contributed by atoms with E-state index < -0.39 is 18.5 Å². The maximum absolute atomic E-state index is 11.8. The molecular weight excluding hydrogens is 298 g/mol. The maximum atomic E-state index is 11.8. The second-order valence-corrected chi connectivity index (χ2v) is 4.71. The van der Waals surface area contributed by atoms with Crippen molar-refractivity contribution in [1.29, 1.82) is 0 Å². The van der Waals surface area contributed by atoms with Crippen molar-refractivity contribution < 1.29 is 23.5 Å². The number of aryl methyl sites for hydroxylation is 1. The van der Waals surface area contributed by atoms with Crippen LogP contribution in [0.2, 0.25) is 0 Å². The predicted octanol–water partition coefficient (Wildman–Crippen LogP) is 2.79. The lowest BCUT2D eigenvalue weighted by Gasteiger charge is -2.10. The molecule has 1 heterocycles. The number of amides is 1. The summed E-state index contributed by atoms with van der Waals surface area (Å²) in [6.45, 7) is 1.51. The third-order valence-corrected chi connectivity index (χ3v) is 2.90. The van der Waals surface area contributed by atoms with Gasteiger partial charge in [0, 0.05) is 6.08 Å². The molecule has 0 bridgehead atoms. The van der Waals surface area contributed by atoms with E-state index in [1.807, 2.05) is 13.0 Å². The first-order chi connectivity index (χ1) is 11.1. The molecule has 2 rings (SSSR count). The molecule has 120 valence electrons. The number of methoxy groups -OCH3 is 1. The van der Waals surface area contributed by atoms with Crippen LogP contribution in [-0.2, 0) is 14.3 Å². The number of anilines is 1. The van der Waals surface area contributed by atoms with Crippen molar-refractivity contribution in [2.75, 3.05) is 19.0 Å². The highest BCUT2D eigenvalue weighted by Gasteiger charge is 2.09. The SMILES string of the molecule is COc1ccc(C)cc1NC(=O)COC(=O)/C=C/c1ccco1. The van der Waals surface area contributed by atoms with Gasteiger partial charge in [-0.25, -0.2) is 4.79 Å². The Hall–Kier alpha value is -3.02. The zero-order valence-electron chi connectivity index (χ0n) is 12.9. The molecule has 1 amide bonds. The van der Waals surface area contributed by atoms with Gasteiger partial charge in [0.15, 0.2) is 6.61 Å². The van der Waals surface area contributed by atoms with Crippen LogP contribution in [0.4, 0.5) is 5.69 Å². The van der Waals surface area contributed by atoms with E-state index in [-0.39, 0.29) is 0 Å². The summed E-state index contributed by atoms with van der Waals surface area (Å²) in [5.74, 6) is -0.0229. The second-order valence-electron chi connectivity index (χ2n) is 4.71. The van der Waals surface area contributed by atoms with Crippen LogP contribution < -0.4 is 10.1 Å². The molecule has 0 fully saturated rings. The molecule has 6 heteroatoms. The Morgan fingerprint density at radius 3 is 2.83 bits per heavy atom. The summed E-state index contributed by atoms with van der Waals surface area (Å²) in [5, 5.41) is 2.64. The first kappa shape index (κ1) is 16.4. The van der Waals surface area contributed by atoms with Gasteiger partial charge < -0.3 is 19.2 Å². The smallest absolute Gasteiger partial charge is 0.331 e. The van der Waals surface area contributed by atoms with Gasteiger partial charge in [-0.2, -0.15) is 0 Å². The number of nitrogens with one attached hydrogen (secondary N) is 1. The zero-order chi connectivity index (χ0) is 16.7. The van der Waals surface area contributed by atoms with Crippen LogP contribution in [-0.4, -0.2) is 25.6 Å². The number of hydrogen-bond donors (Lipinski definition) is 1. The summed E-state index contributed by atoms with van der Waals surface area (Å²) >= 11 is 0. The van der Waals surface area contributed by atoms with Crippen molar-refractivity contribution in [1.82, 2.24) is 0 Å². The van der Waals surface area contributed by atoms with E-state index >= 15 is 0 Å². The van der Waals surface area contributed by atoms with E-state index in [4.69, 9.17) is 13.9 Å². The number of carbonyl (C=O) groups excluding carboxylic acids is 2. The van der Waals surface area contributed by atoms with Crippen molar-refractivity contribution in [3.05, 3.63) is 54.0 Å². The Bertz CT molecular complexity index is 704. The Kier molecular flexibility index (Phi) is 5.57. The van der Waals surface area contributed by atoms with Gasteiger partial charge in [0.1, 0.15) is 11.5 Å². The molecule has 1 aromatic heterocycles. The average Bonchev–Trinajstić information content (AvgIpc) is 3.04.